The zero-order valence-electron chi connectivity index (χ0n) is 12.4. The molecule has 1 heterocycles. The van der Waals surface area contributed by atoms with Crippen LogP contribution in [0.5, 0.6) is 11.5 Å². The van der Waals surface area contributed by atoms with E-state index in [2.05, 4.69) is 9.69 Å². The number of ether oxygens (including phenoxy) is 2. The number of carbonyl (C=O) groups is 1. The van der Waals surface area contributed by atoms with E-state index in [-0.39, 0.29) is 0 Å². The Kier molecular flexibility index (Phi) is 4.54. The lowest BCUT2D eigenvalue weighted by molar-refractivity contribution is 0.215. The first-order chi connectivity index (χ1) is 11.2. The first-order valence-corrected chi connectivity index (χ1v) is 7.67. The van der Waals surface area contributed by atoms with Gasteiger partial charge in [-0.2, -0.15) is 4.37 Å². The summed E-state index contributed by atoms with van der Waals surface area (Å²) in [6.07, 6.45) is -0.541. The quantitative estimate of drug-likeness (QED) is 0.770. The summed E-state index contributed by atoms with van der Waals surface area (Å²) in [4.78, 5) is 11.8. The van der Waals surface area contributed by atoms with Crippen LogP contribution in [0.2, 0.25) is 0 Å². The Hall–Kier alpha value is -2.86. The van der Waals surface area contributed by atoms with Crippen molar-refractivity contribution in [3.05, 3.63) is 60.7 Å². The minimum Gasteiger partial charge on any atom is -0.497 e. The van der Waals surface area contributed by atoms with Crippen LogP contribution in [0.3, 0.4) is 0 Å². The van der Waals surface area contributed by atoms with Crippen LogP contribution in [-0.4, -0.2) is 17.6 Å². The van der Waals surface area contributed by atoms with E-state index in [4.69, 9.17) is 9.47 Å². The second-order valence-electron chi connectivity index (χ2n) is 4.63. The molecular formula is C17H14N2O3S. The molecule has 6 heteroatoms. The highest BCUT2D eigenvalue weighted by Crippen LogP contribution is 2.27. The maximum Gasteiger partial charge on any atom is 0.417 e. The van der Waals surface area contributed by atoms with Crippen molar-refractivity contribution in [2.75, 3.05) is 12.4 Å². The molecule has 0 unspecified atom stereocenters. The summed E-state index contributed by atoms with van der Waals surface area (Å²) < 4.78 is 14.6. The van der Waals surface area contributed by atoms with Gasteiger partial charge in [-0.25, -0.2) is 4.79 Å². The fourth-order valence-corrected chi connectivity index (χ4v) is 2.60. The number of hydrogen-bond donors (Lipinski definition) is 1. The van der Waals surface area contributed by atoms with Crippen LogP contribution in [0.1, 0.15) is 0 Å². The molecule has 0 aliphatic rings. The third kappa shape index (κ3) is 3.87. The first-order valence-electron chi connectivity index (χ1n) is 6.89. The monoisotopic (exact) mass is 326 g/mol. The number of para-hydroxylation sites is 1. The Bertz CT molecular complexity index is 785. The molecule has 23 heavy (non-hydrogen) atoms. The van der Waals surface area contributed by atoms with Gasteiger partial charge in [0, 0.05) is 11.6 Å². The van der Waals surface area contributed by atoms with E-state index in [1.165, 1.54) is 11.5 Å². The third-order valence-corrected chi connectivity index (χ3v) is 3.78. The highest BCUT2D eigenvalue weighted by molar-refractivity contribution is 7.10. The molecule has 1 aromatic heterocycles. The lowest BCUT2D eigenvalue weighted by Crippen LogP contribution is -2.15. The van der Waals surface area contributed by atoms with Gasteiger partial charge in [0.25, 0.3) is 0 Å². The SMILES string of the molecule is COc1ccc(-c2cc(NC(=O)Oc3ccccc3)sn2)cc1. The summed E-state index contributed by atoms with van der Waals surface area (Å²) >= 11 is 1.20. The number of anilines is 1. The highest BCUT2D eigenvalue weighted by Gasteiger charge is 2.09. The average Bonchev–Trinajstić information content (AvgIpc) is 3.04. The molecule has 0 saturated heterocycles. The Morgan fingerprint density at radius 3 is 2.48 bits per heavy atom. The number of aromatic nitrogens is 1. The maximum atomic E-state index is 11.8. The van der Waals surface area contributed by atoms with Crippen molar-refractivity contribution in [2.24, 2.45) is 0 Å². The maximum absolute atomic E-state index is 11.8. The van der Waals surface area contributed by atoms with Crippen LogP contribution in [0.25, 0.3) is 11.3 Å². The minimum atomic E-state index is -0.541. The van der Waals surface area contributed by atoms with Gasteiger partial charge in [0.05, 0.1) is 12.8 Å². The van der Waals surface area contributed by atoms with E-state index in [0.29, 0.717) is 10.8 Å². The normalized spacial score (nSPS) is 10.1. The van der Waals surface area contributed by atoms with Gasteiger partial charge in [0.2, 0.25) is 0 Å². The summed E-state index contributed by atoms with van der Waals surface area (Å²) in [5.41, 5.74) is 1.74. The average molecular weight is 326 g/mol. The third-order valence-electron chi connectivity index (χ3n) is 3.07. The van der Waals surface area contributed by atoms with Gasteiger partial charge in [0.1, 0.15) is 16.5 Å². The summed E-state index contributed by atoms with van der Waals surface area (Å²) in [6.45, 7) is 0. The Morgan fingerprint density at radius 2 is 1.78 bits per heavy atom. The van der Waals surface area contributed by atoms with Crippen molar-refractivity contribution in [1.82, 2.24) is 4.37 Å². The summed E-state index contributed by atoms with van der Waals surface area (Å²) in [7, 11) is 1.62. The Labute approximate surface area is 137 Å². The van der Waals surface area contributed by atoms with Gasteiger partial charge >= 0.3 is 6.09 Å². The molecule has 2 aromatic carbocycles. The van der Waals surface area contributed by atoms with Crippen molar-refractivity contribution in [2.45, 2.75) is 0 Å². The van der Waals surface area contributed by atoms with Gasteiger partial charge in [-0.05, 0) is 47.9 Å². The number of nitrogens with one attached hydrogen (secondary N) is 1. The predicted octanol–water partition coefficient (Wildman–Crippen LogP) is 4.43. The van der Waals surface area contributed by atoms with E-state index < -0.39 is 6.09 Å². The van der Waals surface area contributed by atoms with Crippen LogP contribution >= 0.6 is 11.5 Å². The van der Waals surface area contributed by atoms with Crippen molar-refractivity contribution >= 4 is 22.6 Å². The Balaban J connectivity index is 1.65. The smallest absolute Gasteiger partial charge is 0.417 e. The van der Waals surface area contributed by atoms with Crippen molar-refractivity contribution < 1.29 is 14.3 Å². The molecule has 3 rings (SSSR count). The van der Waals surface area contributed by atoms with Crippen LogP contribution in [0.15, 0.2) is 60.7 Å². The molecule has 0 aliphatic carbocycles. The minimum absolute atomic E-state index is 0.491. The van der Waals surface area contributed by atoms with Gasteiger partial charge < -0.3 is 9.47 Å². The zero-order valence-corrected chi connectivity index (χ0v) is 13.2. The molecule has 116 valence electrons. The zero-order chi connectivity index (χ0) is 16.1. The second-order valence-corrected chi connectivity index (χ2v) is 5.44. The molecule has 1 N–H and O–H groups in total. The van der Waals surface area contributed by atoms with Gasteiger partial charge in [-0.1, -0.05) is 18.2 Å². The molecule has 3 aromatic rings. The van der Waals surface area contributed by atoms with E-state index in [9.17, 15) is 4.79 Å². The molecule has 0 saturated carbocycles. The summed E-state index contributed by atoms with van der Waals surface area (Å²) in [5.74, 6) is 1.28. The lowest BCUT2D eigenvalue weighted by Gasteiger charge is -2.03. The molecule has 0 radical (unpaired) electrons. The van der Waals surface area contributed by atoms with Crippen molar-refractivity contribution in [3.8, 4) is 22.8 Å². The van der Waals surface area contributed by atoms with E-state index in [0.717, 1.165) is 17.0 Å². The van der Waals surface area contributed by atoms with Crippen molar-refractivity contribution in [1.29, 1.82) is 0 Å². The molecule has 5 nitrogen and oxygen atoms in total. The number of amides is 1. The van der Waals surface area contributed by atoms with Crippen LogP contribution in [0.4, 0.5) is 9.80 Å². The number of methoxy groups -OCH3 is 1. The fourth-order valence-electron chi connectivity index (χ4n) is 1.95. The first kappa shape index (κ1) is 15.1. The van der Waals surface area contributed by atoms with Crippen molar-refractivity contribution in [3.63, 3.8) is 0 Å². The second kappa shape index (κ2) is 6.93. The fraction of sp³-hybridized carbons (Fsp3) is 0.0588. The molecule has 0 aliphatic heterocycles. The molecular weight excluding hydrogens is 312 g/mol. The van der Waals surface area contributed by atoms with Crippen LogP contribution in [0, 0.1) is 0 Å². The molecule has 0 spiro atoms. The van der Waals surface area contributed by atoms with E-state index in [1.54, 1.807) is 37.4 Å². The van der Waals surface area contributed by atoms with Gasteiger partial charge in [-0.15, -0.1) is 0 Å². The lowest BCUT2D eigenvalue weighted by atomic mass is 10.1. The standard InChI is InChI=1S/C17H14N2O3S/c1-21-13-9-7-12(8-10-13)15-11-16(23-19-15)18-17(20)22-14-5-3-2-4-6-14/h2-11H,1H3,(H,18,20). The summed E-state index contributed by atoms with van der Waals surface area (Å²) in [6, 6.07) is 18.3. The number of nitrogens with zero attached hydrogens (tertiary/aromatic N) is 1. The molecule has 1 amide bonds. The number of carbonyl (C=O) groups excluding carboxylic acids is 1. The summed E-state index contributed by atoms with van der Waals surface area (Å²) in [5, 5.41) is 3.30. The number of hydrogen-bond acceptors (Lipinski definition) is 5. The largest absolute Gasteiger partial charge is 0.497 e. The van der Waals surface area contributed by atoms with E-state index >= 15 is 0 Å². The number of rotatable bonds is 4. The molecule has 0 fully saturated rings. The van der Waals surface area contributed by atoms with Gasteiger partial charge in [0.15, 0.2) is 0 Å². The van der Waals surface area contributed by atoms with Gasteiger partial charge in [-0.3, -0.25) is 5.32 Å². The molecule has 0 atom stereocenters. The topological polar surface area (TPSA) is 60.5 Å². The number of benzene rings is 2. The van der Waals surface area contributed by atoms with E-state index in [1.807, 2.05) is 30.3 Å². The predicted molar refractivity (Wildman–Crippen MR) is 90.2 cm³/mol. The Morgan fingerprint density at radius 1 is 1.04 bits per heavy atom. The highest BCUT2D eigenvalue weighted by atomic mass is 32.1. The van der Waals surface area contributed by atoms with Crippen LogP contribution < -0.4 is 14.8 Å². The molecule has 0 bridgehead atoms. The van der Waals surface area contributed by atoms with Crippen LogP contribution in [-0.2, 0) is 0 Å².